The monoisotopic (exact) mass is 371 g/mol. The minimum Gasteiger partial charge on any atom is -0.340 e. The van der Waals surface area contributed by atoms with Gasteiger partial charge in [0.15, 0.2) is 0 Å². The summed E-state index contributed by atoms with van der Waals surface area (Å²) in [5.41, 5.74) is 1.06. The zero-order valence-corrected chi connectivity index (χ0v) is 15.4. The van der Waals surface area contributed by atoms with Crippen molar-refractivity contribution in [2.45, 2.75) is 45.1 Å². The molecule has 1 aromatic carbocycles. The number of carbonyl (C=O) groups is 2. The third-order valence-electron chi connectivity index (χ3n) is 5.23. The van der Waals surface area contributed by atoms with Crippen molar-refractivity contribution in [3.05, 3.63) is 41.2 Å². The molecule has 0 radical (unpaired) electrons. The van der Waals surface area contributed by atoms with Crippen LogP contribution in [0.25, 0.3) is 0 Å². The molecule has 0 spiro atoms. The smallest absolute Gasteiger partial charge is 0.230 e. The second-order valence-corrected chi connectivity index (χ2v) is 7.39. The third kappa shape index (κ3) is 3.20. The molecule has 2 aliphatic heterocycles. The van der Waals surface area contributed by atoms with Crippen LogP contribution in [0.5, 0.6) is 0 Å². The first-order chi connectivity index (χ1) is 12.9. The fraction of sp³-hybridized carbons (Fsp3) is 0.474. The van der Waals surface area contributed by atoms with Crippen LogP contribution in [0.15, 0.2) is 18.2 Å². The predicted octanol–water partition coefficient (Wildman–Crippen LogP) is 2.05. The zero-order valence-electron chi connectivity index (χ0n) is 15.4. The van der Waals surface area contributed by atoms with Gasteiger partial charge in [0.25, 0.3) is 0 Å². The van der Waals surface area contributed by atoms with Crippen molar-refractivity contribution in [3.63, 3.8) is 0 Å². The van der Waals surface area contributed by atoms with Crippen molar-refractivity contribution in [1.82, 2.24) is 19.7 Å². The molecule has 142 valence electrons. The van der Waals surface area contributed by atoms with E-state index in [2.05, 4.69) is 33.9 Å². The topological polar surface area (TPSA) is 80.1 Å². The summed E-state index contributed by atoms with van der Waals surface area (Å²) in [5.74, 6) is 0.628. The van der Waals surface area contributed by atoms with E-state index in [4.69, 9.17) is 0 Å². The Hall–Kier alpha value is -2.77. The maximum atomic E-state index is 13.7. The van der Waals surface area contributed by atoms with E-state index < -0.39 is 11.7 Å². The molecule has 4 rings (SSSR count). The van der Waals surface area contributed by atoms with Crippen molar-refractivity contribution < 1.29 is 14.0 Å². The lowest BCUT2D eigenvalue weighted by Gasteiger charge is -2.30. The van der Waals surface area contributed by atoms with Gasteiger partial charge in [-0.15, -0.1) is 10.2 Å². The highest BCUT2D eigenvalue weighted by Crippen LogP contribution is 2.34. The number of benzene rings is 1. The maximum Gasteiger partial charge on any atom is 0.230 e. The average molecular weight is 371 g/mol. The molecule has 1 aromatic heterocycles. The Morgan fingerprint density at radius 1 is 1.26 bits per heavy atom. The van der Waals surface area contributed by atoms with Crippen LogP contribution in [0.3, 0.4) is 0 Å². The Bertz CT molecular complexity index is 908. The molecule has 1 N–H and O–H groups in total. The average Bonchev–Trinajstić information content (AvgIpc) is 2.93. The zero-order chi connectivity index (χ0) is 19.1. The number of carbonyl (C=O) groups excluding carboxylic acids is 2. The van der Waals surface area contributed by atoms with Gasteiger partial charge >= 0.3 is 0 Å². The highest BCUT2D eigenvalue weighted by molar-refractivity contribution is 6.01. The number of nitrogens with zero attached hydrogens (tertiary/aromatic N) is 4. The minimum absolute atomic E-state index is 0.0369. The summed E-state index contributed by atoms with van der Waals surface area (Å²) in [4.78, 5) is 27.0. The van der Waals surface area contributed by atoms with Gasteiger partial charge < -0.3 is 14.8 Å². The number of rotatable bonds is 2. The Labute approximate surface area is 156 Å². The van der Waals surface area contributed by atoms with E-state index >= 15 is 0 Å². The molecule has 27 heavy (non-hydrogen) atoms. The molecular formula is C19H22FN5O2. The molecule has 3 heterocycles. The first-order valence-electron chi connectivity index (χ1n) is 9.24. The number of halogens is 1. The molecule has 0 saturated heterocycles. The van der Waals surface area contributed by atoms with E-state index in [1.807, 2.05) is 0 Å². The van der Waals surface area contributed by atoms with Crippen LogP contribution in [-0.2, 0) is 22.6 Å². The number of fused-ring (bicyclic) bond motifs is 2. The van der Waals surface area contributed by atoms with E-state index in [9.17, 15) is 14.0 Å². The molecule has 8 heteroatoms. The molecule has 2 aromatic rings. The van der Waals surface area contributed by atoms with E-state index in [0.717, 1.165) is 11.6 Å². The van der Waals surface area contributed by atoms with Gasteiger partial charge in [-0.2, -0.15) is 0 Å². The normalized spacial score (nSPS) is 19.3. The van der Waals surface area contributed by atoms with Gasteiger partial charge in [0.05, 0.1) is 5.92 Å². The fourth-order valence-electron chi connectivity index (χ4n) is 3.87. The summed E-state index contributed by atoms with van der Waals surface area (Å²) in [6.07, 6.45) is 0.648. The molecule has 7 nitrogen and oxygen atoms in total. The van der Waals surface area contributed by atoms with Gasteiger partial charge in [-0.25, -0.2) is 4.39 Å². The highest BCUT2D eigenvalue weighted by Gasteiger charge is 2.34. The van der Waals surface area contributed by atoms with Crippen molar-refractivity contribution >= 4 is 17.5 Å². The van der Waals surface area contributed by atoms with Gasteiger partial charge in [-0.1, -0.05) is 13.8 Å². The summed E-state index contributed by atoms with van der Waals surface area (Å²) in [6.45, 7) is 5.79. The molecule has 2 amide bonds. The Kier molecular flexibility index (Phi) is 4.41. The van der Waals surface area contributed by atoms with Crippen LogP contribution in [0.1, 0.15) is 49.3 Å². The van der Waals surface area contributed by atoms with Crippen LogP contribution in [-0.4, -0.2) is 44.6 Å². The molecule has 2 aliphatic rings. The summed E-state index contributed by atoms with van der Waals surface area (Å²) in [7, 11) is 0. The first kappa shape index (κ1) is 17.6. The van der Waals surface area contributed by atoms with Crippen molar-refractivity contribution in [1.29, 1.82) is 0 Å². The minimum atomic E-state index is -0.655. The van der Waals surface area contributed by atoms with E-state index in [1.165, 1.54) is 18.2 Å². The number of amides is 2. The summed E-state index contributed by atoms with van der Waals surface area (Å²) >= 11 is 0. The van der Waals surface area contributed by atoms with Crippen LogP contribution >= 0.6 is 0 Å². The van der Waals surface area contributed by atoms with Crippen LogP contribution in [0, 0.1) is 5.82 Å². The van der Waals surface area contributed by atoms with E-state index in [-0.39, 0.29) is 24.2 Å². The lowest BCUT2D eigenvalue weighted by molar-refractivity contribution is -0.135. The van der Waals surface area contributed by atoms with Crippen molar-refractivity contribution in [3.8, 4) is 0 Å². The van der Waals surface area contributed by atoms with Gasteiger partial charge in [0, 0.05) is 44.1 Å². The van der Waals surface area contributed by atoms with Gasteiger partial charge in [0.2, 0.25) is 11.8 Å². The number of hydrogen-bond acceptors (Lipinski definition) is 4. The Morgan fingerprint density at radius 2 is 2.07 bits per heavy atom. The lowest BCUT2D eigenvalue weighted by atomic mass is 9.89. The first-order valence-corrected chi connectivity index (χ1v) is 9.24. The quantitative estimate of drug-likeness (QED) is 0.876. The molecule has 0 aliphatic carbocycles. The lowest BCUT2D eigenvalue weighted by Crippen LogP contribution is -2.40. The molecule has 0 bridgehead atoms. The summed E-state index contributed by atoms with van der Waals surface area (Å²) in [5, 5.41) is 11.2. The standard InChI is InChI=1S/C19H22FN5O2/c1-11(2)18-23-22-16-5-6-24(7-8-25(16)18)19(27)14-10-17(26)21-15-4-3-12(20)9-13(14)15/h3-4,9,11,14H,5-8,10H2,1-2H3,(H,21,26). The SMILES string of the molecule is CC(C)c1nnc2n1CCN(C(=O)C1CC(=O)Nc3ccc(F)cc31)CC2. The second-order valence-electron chi connectivity index (χ2n) is 7.39. The van der Waals surface area contributed by atoms with Crippen LogP contribution < -0.4 is 5.32 Å². The number of aromatic nitrogens is 3. The fourth-order valence-corrected chi connectivity index (χ4v) is 3.87. The molecule has 1 atom stereocenters. The summed E-state index contributed by atoms with van der Waals surface area (Å²) in [6, 6.07) is 4.15. The molecule has 0 saturated carbocycles. The molecule has 1 unspecified atom stereocenters. The Balaban J connectivity index is 1.58. The number of hydrogen-bond donors (Lipinski definition) is 1. The number of anilines is 1. The summed E-state index contributed by atoms with van der Waals surface area (Å²) < 4.78 is 15.8. The van der Waals surface area contributed by atoms with Gasteiger partial charge in [0.1, 0.15) is 17.5 Å². The van der Waals surface area contributed by atoms with Gasteiger partial charge in [-0.05, 0) is 23.8 Å². The van der Waals surface area contributed by atoms with E-state index in [0.29, 0.717) is 37.3 Å². The van der Waals surface area contributed by atoms with Crippen molar-refractivity contribution in [2.75, 3.05) is 18.4 Å². The predicted molar refractivity (Wildman–Crippen MR) is 96.8 cm³/mol. The van der Waals surface area contributed by atoms with E-state index in [1.54, 1.807) is 4.90 Å². The third-order valence-corrected chi connectivity index (χ3v) is 5.23. The van der Waals surface area contributed by atoms with Crippen LogP contribution in [0.2, 0.25) is 0 Å². The maximum absolute atomic E-state index is 13.7. The van der Waals surface area contributed by atoms with Gasteiger partial charge in [-0.3, -0.25) is 9.59 Å². The van der Waals surface area contributed by atoms with Crippen LogP contribution in [0.4, 0.5) is 10.1 Å². The largest absolute Gasteiger partial charge is 0.340 e. The molecular weight excluding hydrogens is 349 g/mol. The van der Waals surface area contributed by atoms with Crippen molar-refractivity contribution in [2.24, 2.45) is 0 Å². The molecule has 0 fully saturated rings. The second kappa shape index (κ2) is 6.75. The highest BCUT2D eigenvalue weighted by atomic mass is 19.1. The Morgan fingerprint density at radius 3 is 2.85 bits per heavy atom. The number of nitrogens with one attached hydrogen (secondary N) is 1.